The first-order valence-electron chi connectivity index (χ1n) is 6.71. The molecule has 0 saturated carbocycles. The zero-order valence-electron chi connectivity index (χ0n) is 11.8. The van der Waals surface area contributed by atoms with Gasteiger partial charge in [-0.3, -0.25) is 4.79 Å². The third-order valence-electron chi connectivity index (χ3n) is 3.18. The van der Waals surface area contributed by atoms with E-state index in [-0.39, 0.29) is 6.54 Å². The Hall–Kier alpha value is -1.55. The summed E-state index contributed by atoms with van der Waals surface area (Å²) in [5.74, 6) is -0.943. The molecule has 1 aromatic carbocycles. The molecule has 22 heavy (non-hydrogen) atoms. The summed E-state index contributed by atoms with van der Waals surface area (Å²) in [7, 11) is 0. The van der Waals surface area contributed by atoms with Crippen molar-refractivity contribution in [3.63, 3.8) is 0 Å². The predicted octanol–water partition coefficient (Wildman–Crippen LogP) is -2.90. The number of rotatable bonds is 8. The maximum Gasteiger partial charge on any atom is 0.251 e. The molecular weight excluding hydrogens is 294 g/mol. The van der Waals surface area contributed by atoms with Crippen molar-refractivity contribution in [2.75, 3.05) is 6.61 Å². The number of aliphatic hydroxyl groups excluding tert-OH is 6. The number of nitrogens with one attached hydrogen (secondary N) is 1. The molecule has 0 bridgehead atoms. The van der Waals surface area contributed by atoms with Crippen molar-refractivity contribution < 1.29 is 35.4 Å². The molecule has 0 aliphatic carbocycles. The van der Waals surface area contributed by atoms with Crippen molar-refractivity contribution >= 4 is 5.91 Å². The molecule has 0 aliphatic heterocycles. The Kier molecular flexibility index (Phi) is 7.39. The van der Waals surface area contributed by atoms with Crippen LogP contribution < -0.4 is 5.32 Å². The summed E-state index contributed by atoms with van der Waals surface area (Å²) >= 11 is 0. The van der Waals surface area contributed by atoms with Gasteiger partial charge in [0.05, 0.1) is 6.61 Å². The summed E-state index contributed by atoms with van der Waals surface area (Å²) in [6, 6.07) is 8.83. The second-order valence-corrected chi connectivity index (χ2v) is 4.87. The average Bonchev–Trinajstić information content (AvgIpc) is 2.56. The van der Waals surface area contributed by atoms with Crippen molar-refractivity contribution in [1.82, 2.24) is 5.32 Å². The average molecular weight is 315 g/mol. The van der Waals surface area contributed by atoms with Gasteiger partial charge in [-0.2, -0.15) is 0 Å². The summed E-state index contributed by atoms with van der Waals surface area (Å²) in [4.78, 5) is 11.7. The standard InChI is InChI=1S/C14H21NO7/c16-7-9(17)10(18)11(19)12(20)13(21)14(22)15-6-8-4-2-1-3-5-8/h1-5,9-13,16-21H,6-7H2,(H,15,22)/t9-,10+,11-,12-,13-/m1/s1. The highest BCUT2D eigenvalue weighted by Crippen LogP contribution is 2.09. The molecule has 0 aliphatic rings. The number of carbonyl (C=O) groups excluding carboxylic acids is 1. The van der Waals surface area contributed by atoms with Gasteiger partial charge in [0.2, 0.25) is 0 Å². The third kappa shape index (κ3) is 5.02. The Labute approximate surface area is 127 Å². The fourth-order valence-electron chi connectivity index (χ4n) is 1.77. The van der Waals surface area contributed by atoms with Crippen molar-refractivity contribution in [3.05, 3.63) is 35.9 Å². The fourth-order valence-corrected chi connectivity index (χ4v) is 1.77. The Balaban J connectivity index is 2.54. The number of hydrogen-bond donors (Lipinski definition) is 7. The summed E-state index contributed by atoms with van der Waals surface area (Å²) in [5.41, 5.74) is 0.772. The van der Waals surface area contributed by atoms with E-state index in [1.165, 1.54) is 0 Å². The molecule has 1 rings (SSSR count). The summed E-state index contributed by atoms with van der Waals surface area (Å²) < 4.78 is 0. The second-order valence-electron chi connectivity index (χ2n) is 4.87. The molecule has 8 heteroatoms. The van der Waals surface area contributed by atoms with Crippen LogP contribution in [0.1, 0.15) is 5.56 Å². The Morgan fingerprint density at radius 3 is 2.09 bits per heavy atom. The van der Waals surface area contributed by atoms with E-state index in [2.05, 4.69) is 5.32 Å². The highest BCUT2D eigenvalue weighted by molar-refractivity contribution is 5.81. The maximum atomic E-state index is 11.7. The van der Waals surface area contributed by atoms with Crippen LogP contribution in [0.2, 0.25) is 0 Å². The van der Waals surface area contributed by atoms with Crippen LogP contribution in [0, 0.1) is 0 Å². The van der Waals surface area contributed by atoms with E-state index in [0.29, 0.717) is 0 Å². The van der Waals surface area contributed by atoms with Crippen LogP contribution in [-0.2, 0) is 11.3 Å². The molecule has 0 spiro atoms. The van der Waals surface area contributed by atoms with E-state index in [9.17, 15) is 25.2 Å². The molecule has 0 fully saturated rings. The number of aliphatic hydroxyl groups is 6. The van der Waals surface area contributed by atoms with Crippen LogP contribution >= 0.6 is 0 Å². The van der Waals surface area contributed by atoms with E-state index >= 15 is 0 Å². The van der Waals surface area contributed by atoms with E-state index in [4.69, 9.17) is 10.2 Å². The lowest BCUT2D eigenvalue weighted by molar-refractivity contribution is -0.157. The minimum Gasteiger partial charge on any atom is -0.394 e. The van der Waals surface area contributed by atoms with Gasteiger partial charge < -0.3 is 36.0 Å². The smallest absolute Gasteiger partial charge is 0.251 e. The minimum absolute atomic E-state index is 0.112. The lowest BCUT2D eigenvalue weighted by Gasteiger charge is -2.27. The van der Waals surface area contributed by atoms with Crippen LogP contribution in [0.15, 0.2) is 30.3 Å². The molecule has 124 valence electrons. The van der Waals surface area contributed by atoms with Gasteiger partial charge in [0.25, 0.3) is 5.91 Å². The molecule has 7 N–H and O–H groups in total. The van der Waals surface area contributed by atoms with Crippen molar-refractivity contribution in [2.24, 2.45) is 0 Å². The lowest BCUT2D eigenvalue weighted by Crippen LogP contribution is -2.53. The number of benzene rings is 1. The second kappa shape index (κ2) is 8.79. The largest absolute Gasteiger partial charge is 0.394 e. The van der Waals surface area contributed by atoms with Gasteiger partial charge in [-0.15, -0.1) is 0 Å². The van der Waals surface area contributed by atoms with E-state index in [1.54, 1.807) is 30.3 Å². The molecule has 0 heterocycles. The fraction of sp³-hybridized carbons (Fsp3) is 0.500. The highest BCUT2D eigenvalue weighted by Gasteiger charge is 2.36. The first-order valence-corrected chi connectivity index (χ1v) is 6.71. The summed E-state index contributed by atoms with van der Waals surface area (Å²) in [5, 5.41) is 58.5. The lowest BCUT2D eigenvalue weighted by atomic mass is 9.99. The number of hydrogen-bond acceptors (Lipinski definition) is 7. The summed E-state index contributed by atoms with van der Waals surface area (Å²) in [6.45, 7) is -0.734. The number of amides is 1. The van der Waals surface area contributed by atoms with Crippen LogP contribution in [0.3, 0.4) is 0 Å². The zero-order chi connectivity index (χ0) is 16.7. The van der Waals surface area contributed by atoms with Gasteiger partial charge in [0.1, 0.15) is 24.4 Å². The molecule has 5 atom stereocenters. The van der Waals surface area contributed by atoms with Crippen molar-refractivity contribution in [2.45, 2.75) is 37.1 Å². The quantitative estimate of drug-likeness (QED) is 0.272. The highest BCUT2D eigenvalue weighted by atomic mass is 16.4. The van der Waals surface area contributed by atoms with E-state index < -0.39 is 43.0 Å². The molecule has 0 unspecified atom stereocenters. The molecule has 1 amide bonds. The topological polar surface area (TPSA) is 150 Å². The van der Waals surface area contributed by atoms with Gasteiger partial charge >= 0.3 is 0 Å². The summed E-state index contributed by atoms with van der Waals surface area (Å²) in [6.07, 6.45) is -9.63. The minimum atomic E-state index is -2.02. The maximum absolute atomic E-state index is 11.7. The monoisotopic (exact) mass is 315 g/mol. The van der Waals surface area contributed by atoms with Crippen LogP contribution in [0.25, 0.3) is 0 Å². The molecule has 0 aromatic heterocycles. The van der Waals surface area contributed by atoms with Gasteiger partial charge in [-0.25, -0.2) is 0 Å². The van der Waals surface area contributed by atoms with E-state index in [0.717, 1.165) is 5.56 Å². The van der Waals surface area contributed by atoms with E-state index in [1.807, 2.05) is 0 Å². The molecule has 0 radical (unpaired) electrons. The Morgan fingerprint density at radius 2 is 1.55 bits per heavy atom. The van der Waals surface area contributed by atoms with Gasteiger partial charge in [-0.1, -0.05) is 30.3 Å². The van der Waals surface area contributed by atoms with Crippen molar-refractivity contribution in [3.8, 4) is 0 Å². The van der Waals surface area contributed by atoms with Gasteiger partial charge in [0, 0.05) is 6.54 Å². The molecule has 0 saturated heterocycles. The Bertz CT molecular complexity index is 456. The normalized spacial score (nSPS) is 18.1. The predicted molar refractivity (Wildman–Crippen MR) is 75.4 cm³/mol. The molecule has 8 nitrogen and oxygen atoms in total. The molecular formula is C14H21NO7. The zero-order valence-corrected chi connectivity index (χ0v) is 11.8. The van der Waals surface area contributed by atoms with Crippen LogP contribution in [0.4, 0.5) is 0 Å². The van der Waals surface area contributed by atoms with Crippen molar-refractivity contribution in [1.29, 1.82) is 0 Å². The Morgan fingerprint density at radius 1 is 0.955 bits per heavy atom. The first kappa shape index (κ1) is 18.5. The van der Waals surface area contributed by atoms with Crippen LogP contribution in [-0.4, -0.2) is 73.7 Å². The SMILES string of the molecule is O=C(NCc1ccccc1)[C@H](O)[C@H](O)[C@H](O)[C@@H](O)[C@H](O)CO. The first-order chi connectivity index (χ1) is 10.4. The van der Waals surface area contributed by atoms with Gasteiger partial charge in [0.15, 0.2) is 6.10 Å². The molecule has 1 aromatic rings. The number of carbonyl (C=O) groups is 1. The van der Waals surface area contributed by atoms with Crippen LogP contribution in [0.5, 0.6) is 0 Å². The van der Waals surface area contributed by atoms with Gasteiger partial charge in [-0.05, 0) is 5.56 Å². The third-order valence-corrected chi connectivity index (χ3v) is 3.18.